The average molecular weight is 327 g/mol. The zero-order valence-electron chi connectivity index (χ0n) is 13.9. The molecule has 0 bridgehead atoms. The van der Waals surface area contributed by atoms with E-state index in [1.54, 1.807) is 19.1 Å². The first-order valence-corrected chi connectivity index (χ1v) is 7.80. The van der Waals surface area contributed by atoms with Crippen molar-refractivity contribution in [1.29, 1.82) is 0 Å². The quantitative estimate of drug-likeness (QED) is 0.625. The van der Waals surface area contributed by atoms with Crippen LogP contribution in [0.3, 0.4) is 0 Å². The summed E-state index contributed by atoms with van der Waals surface area (Å²) < 4.78 is 0. The monoisotopic (exact) mass is 327 g/mol. The van der Waals surface area contributed by atoms with Gasteiger partial charge in [0.05, 0.1) is 11.5 Å². The van der Waals surface area contributed by atoms with Gasteiger partial charge < -0.3 is 5.32 Å². The Bertz CT molecular complexity index is 717. The highest BCUT2D eigenvalue weighted by Crippen LogP contribution is 2.25. The molecule has 0 aliphatic carbocycles. The number of nitrogens with zero attached hydrogens (tertiary/aromatic N) is 2. The standard InChI is InChI=1S/C18H21N3O3/c1-3-20(12-15-7-5-4-6-8-15)13-18(22)19-16-10-9-14(2)11-17(16)21(23)24/h4-11H,3,12-13H2,1-2H3,(H,19,22). The van der Waals surface area contributed by atoms with Gasteiger partial charge in [-0.25, -0.2) is 0 Å². The van der Waals surface area contributed by atoms with E-state index in [4.69, 9.17) is 0 Å². The molecule has 0 aromatic heterocycles. The molecule has 0 aliphatic heterocycles. The van der Waals surface area contributed by atoms with Crippen molar-refractivity contribution in [3.8, 4) is 0 Å². The van der Waals surface area contributed by atoms with Gasteiger partial charge in [0, 0.05) is 12.6 Å². The lowest BCUT2D eigenvalue weighted by molar-refractivity contribution is -0.384. The van der Waals surface area contributed by atoms with Crippen LogP contribution in [0.4, 0.5) is 11.4 Å². The van der Waals surface area contributed by atoms with E-state index < -0.39 is 4.92 Å². The van der Waals surface area contributed by atoms with E-state index in [0.29, 0.717) is 13.1 Å². The summed E-state index contributed by atoms with van der Waals surface area (Å²) in [4.78, 5) is 24.9. The molecule has 1 N–H and O–H groups in total. The van der Waals surface area contributed by atoms with Crippen LogP contribution in [0.2, 0.25) is 0 Å². The number of nitro benzene ring substituents is 1. The molecule has 0 aliphatic rings. The highest BCUT2D eigenvalue weighted by Gasteiger charge is 2.17. The fraction of sp³-hybridized carbons (Fsp3) is 0.278. The second kappa shape index (κ2) is 8.21. The number of nitrogens with one attached hydrogen (secondary N) is 1. The van der Waals surface area contributed by atoms with Crippen LogP contribution in [0.25, 0.3) is 0 Å². The molecule has 6 nitrogen and oxygen atoms in total. The van der Waals surface area contributed by atoms with Gasteiger partial charge in [0.15, 0.2) is 0 Å². The Morgan fingerprint density at radius 1 is 1.21 bits per heavy atom. The van der Waals surface area contributed by atoms with Crippen molar-refractivity contribution in [2.75, 3.05) is 18.4 Å². The summed E-state index contributed by atoms with van der Waals surface area (Å²) in [5.74, 6) is -0.264. The largest absolute Gasteiger partial charge is 0.319 e. The molecule has 0 unspecified atom stereocenters. The minimum atomic E-state index is -0.482. The molecule has 0 saturated heterocycles. The highest BCUT2D eigenvalue weighted by molar-refractivity contribution is 5.94. The zero-order chi connectivity index (χ0) is 17.5. The fourth-order valence-corrected chi connectivity index (χ4v) is 2.41. The average Bonchev–Trinajstić information content (AvgIpc) is 2.56. The first-order valence-electron chi connectivity index (χ1n) is 7.80. The first-order chi connectivity index (χ1) is 11.5. The third kappa shape index (κ3) is 4.89. The summed E-state index contributed by atoms with van der Waals surface area (Å²) in [5, 5.41) is 13.8. The van der Waals surface area contributed by atoms with Crippen LogP contribution < -0.4 is 5.32 Å². The third-order valence-electron chi connectivity index (χ3n) is 3.69. The molecule has 0 heterocycles. The Morgan fingerprint density at radius 3 is 2.54 bits per heavy atom. The Hall–Kier alpha value is -2.73. The van der Waals surface area contributed by atoms with Gasteiger partial charge in [0.2, 0.25) is 5.91 Å². The molecule has 0 fully saturated rings. The summed E-state index contributed by atoms with van der Waals surface area (Å²) >= 11 is 0. The van der Waals surface area contributed by atoms with E-state index in [-0.39, 0.29) is 23.8 Å². The van der Waals surface area contributed by atoms with Gasteiger partial charge in [-0.1, -0.05) is 43.3 Å². The van der Waals surface area contributed by atoms with Crippen molar-refractivity contribution in [3.05, 3.63) is 69.8 Å². The van der Waals surface area contributed by atoms with Crippen molar-refractivity contribution < 1.29 is 9.72 Å². The predicted molar refractivity (Wildman–Crippen MR) is 93.9 cm³/mol. The van der Waals surface area contributed by atoms with Crippen LogP contribution in [-0.2, 0) is 11.3 Å². The van der Waals surface area contributed by atoms with Crippen molar-refractivity contribution in [3.63, 3.8) is 0 Å². The summed E-state index contributed by atoms with van der Waals surface area (Å²) in [6, 6.07) is 14.6. The molecule has 1 amide bonds. The van der Waals surface area contributed by atoms with E-state index in [1.807, 2.05) is 42.2 Å². The van der Waals surface area contributed by atoms with Crippen LogP contribution in [0.1, 0.15) is 18.1 Å². The number of anilines is 1. The Balaban J connectivity index is 2.03. The Morgan fingerprint density at radius 2 is 1.92 bits per heavy atom. The van der Waals surface area contributed by atoms with E-state index in [9.17, 15) is 14.9 Å². The van der Waals surface area contributed by atoms with Gasteiger partial charge >= 0.3 is 0 Å². The number of hydrogen-bond acceptors (Lipinski definition) is 4. The van der Waals surface area contributed by atoms with E-state index in [1.165, 1.54) is 6.07 Å². The second-order valence-electron chi connectivity index (χ2n) is 5.61. The van der Waals surface area contributed by atoms with E-state index in [0.717, 1.165) is 11.1 Å². The highest BCUT2D eigenvalue weighted by atomic mass is 16.6. The number of aryl methyl sites for hydroxylation is 1. The number of carbonyl (C=O) groups is 1. The molecule has 6 heteroatoms. The lowest BCUT2D eigenvalue weighted by Crippen LogP contribution is -2.32. The minimum absolute atomic E-state index is 0.0885. The molecule has 2 aromatic carbocycles. The predicted octanol–water partition coefficient (Wildman–Crippen LogP) is 3.36. The van der Waals surface area contributed by atoms with Gasteiger partial charge in [-0.15, -0.1) is 0 Å². The van der Waals surface area contributed by atoms with Crippen molar-refractivity contribution in [1.82, 2.24) is 4.90 Å². The topological polar surface area (TPSA) is 75.5 Å². The van der Waals surface area contributed by atoms with Gasteiger partial charge in [-0.2, -0.15) is 0 Å². The maximum absolute atomic E-state index is 12.3. The molecular weight excluding hydrogens is 306 g/mol. The molecule has 2 rings (SSSR count). The van der Waals surface area contributed by atoms with Crippen molar-refractivity contribution >= 4 is 17.3 Å². The molecule has 0 radical (unpaired) electrons. The summed E-state index contributed by atoms with van der Waals surface area (Å²) in [7, 11) is 0. The molecule has 0 spiro atoms. The maximum atomic E-state index is 12.3. The van der Waals surface area contributed by atoms with E-state index in [2.05, 4.69) is 5.32 Å². The Kier molecular flexibility index (Phi) is 6.03. The Labute approximate surface area is 141 Å². The lowest BCUT2D eigenvalue weighted by Gasteiger charge is -2.20. The van der Waals surface area contributed by atoms with Crippen LogP contribution in [-0.4, -0.2) is 28.8 Å². The lowest BCUT2D eigenvalue weighted by atomic mass is 10.2. The van der Waals surface area contributed by atoms with Crippen LogP contribution >= 0.6 is 0 Å². The molecule has 0 saturated carbocycles. The summed E-state index contributed by atoms with van der Waals surface area (Å²) in [6.07, 6.45) is 0. The van der Waals surface area contributed by atoms with Gasteiger partial charge in [-0.05, 0) is 30.7 Å². The summed E-state index contributed by atoms with van der Waals surface area (Å²) in [5.41, 5.74) is 2.04. The van der Waals surface area contributed by atoms with Gasteiger partial charge in [0.1, 0.15) is 5.69 Å². The smallest absolute Gasteiger partial charge is 0.293 e. The second-order valence-corrected chi connectivity index (χ2v) is 5.61. The first kappa shape index (κ1) is 17.6. The number of benzene rings is 2. The van der Waals surface area contributed by atoms with E-state index >= 15 is 0 Å². The summed E-state index contributed by atoms with van der Waals surface area (Å²) in [6.45, 7) is 5.29. The number of amides is 1. The SMILES string of the molecule is CCN(CC(=O)Nc1ccc(C)cc1[N+](=O)[O-])Cc1ccccc1. The number of carbonyl (C=O) groups excluding carboxylic acids is 1. The zero-order valence-corrected chi connectivity index (χ0v) is 13.9. The third-order valence-corrected chi connectivity index (χ3v) is 3.69. The van der Waals surface area contributed by atoms with Crippen LogP contribution in [0.5, 0.6) is 0 Å². The van der Waals surface area contributed by atoms with Crippen LogP contribution in [0.15, 0.2) is 48.5 Å². The molecule has 2 aromatic rings. The normalized spacial score (nSPS) is 10.6. The maximum Gasteiger partial charge on any atom is 0.293 e. The molecule has 126 valence electrons. The van der Waals surface area contributed by atoms with Crippen LogP contribution in [0, 0.1) is 17.0 Å². The van der Waals surface area contributed by atoms with Gasteiger partial charge in [-0.3, -0.25) is 19.8 Å². The van der Waals surface area contributed by atoms with Crippen molar-refractivity contribution in [2.45, 2.75) is 20.4 Å². The number of rotatable bonds is 7. The number of hydrogen-bond donors (Lipinski definition) is 1. The molecule has 0 atom stereocenters. The molecule has 24 heavy (non-hydrogen) atoms. The number of nitro groups is 1. The van der Waals surface area contributed by atoms with Gasteiger partial charge in [0.25, 0.3) is 5.69 Å². The number of likely N-dealkylation sites (N-methyl/N-ethyl adjacent to an activating group) is 1. The molecular formula is C18H21N3O3. The minimum Gasteiger partial charge on any atom is -0.319 e. The van der Waals surface area contributed by atoms with Crippen molar-refractivity contribution in [2.24, 2.45) is 0 Å². The fourth-order valence-electron chi connectivity index (χ4n) is 2.41.